The van der Waals surface area contributed by atoms with Crippen LogP contribution in [0.4, 0.5) is 22.7 Å². The summed E-state index contributed by atoms with van der Waals surface area (Å²) in [6, 6.07) is 100. The second-order valence-electron chi connectivity index (χ2n) is 26.0. The SMILES string of the molecule is CC(C)(c1ccccc1)c1cc(C=Nc2ccccc2)c(O)c(C(C)(C)c2ccccc2)c1.CC[Si](CC)(CC)c1cccc(C=Nc2ccccc2)c1O.COc1cc(C)c(O)c(C=Nc2ccccc2)c1.Cc1cccc(C=Nc2ccc(-c3ccc(-c4ccccc4)cc3)cc2)c1O. The van der Waals surface area contributed by atoms with Crippen molar-refractivity contribution < 1.29 is 25.2 Å². The quantitative estimate of drug-likeness (QED) is 0.0472. The predicted octanol–water partition coefficient (Wildman–Crippen LogP) is 22.9. The Kier molecular flexibility index (Phi) is 25.8. The smallest absolute Gasteiger partial charge is 0.128 e. The van der Waals surface area contributed by atoms with E-state index in [9.17, 15) is 20.4 Å². The summed E-state index contributed by atoms with van der Waals surface area (Å²) in [7, 11) is 0.0117. The number of hydrogen-bond acceptors (Lipinski definition) is 9. The minimum atomic E-state index is -1.59. The van der Waals surface area contributed by atoms with E-state index in [1.807, 2.05) is 178 Å². The van der Waals surface area contributed by atoms with Gasteiger partial charge < -0.3 is 25.2 Å². The molecule has 0 heterocycles. The van der Waals surface area contributed by atoms with Crippen LogP contribution < -0.4 is 9.92 Å². The molecule has 101 heavy (non-hydrogen) atoms. The van der Waals surface area contributed by atoms with Crippen LogP contribution in [0.25, 0.3) is 22.3 Å². The summed E-state index contributed by atoms with van der Waals surface area (Å²) >= 11 is 0. The molecule has 0 saturated carbocycles. The van der Waals surface area contributed by atoms with Gasteiger partial charge in [-0.2, -0.15) is 0 Å². The molecule has 0 spiro atoms. The molecule has 0 aliphatic heterocycles. The normalized spacial score (nSPS) is 11.6. The molecular formula is C91H92N4O5Si. The van der Waals surface area contributed by atoms with Gasteiger partial charge in [0.05, 0.1) is 37.9 Å². The van der Waals surface area contributed by atoms with Crippen molar-refractivity contribution >= 4 is 60.9 Å². The minimum Gasteiger partial charge on any atom is -0.507 e. The van der Waals surface area contributed by atoms with Crippen LogP contribution in [0.1, 0.15) is 104 Å². The summed E-state index contributed by atoms with van der Waals surface area (Å²) in [6.45, 7) is 19.3. The van der Waals surface area contributed by atoms with Crippen molar-refractivity contribution in [2.75, 3.05) is 7.11 Å². The van der Waals surface area contributed by atoms with Gasteiger partial charge >= 0.3 is 0 Å². The van der Waals surface area contributed by atoms with Crippen LogP contribution >= 0.6 is 0 Å². The molecule has 12 aromatic carbocycles. The lowest BCUT2D eigenvalue weighted by Crippen LogP contribution is -2.46. The van der Waals surface area contributed by atoms with Gasteiger partial charge in [-0.1, -0.05) is 279 Å². The lowest BCUT2D eigenvalue weighted by atomic mass is 9.72. The first-order valence-electron chi connectivity index (χ1n) is 34.4. The monoisotopic (exact) mass is 1350 g/mol. The number of methoxy groups -OCH3 is 1. The molecule has 0 radical (unpaired) electrons. The lowest BCUT2D eigenvalue weighted by Gasteiger charge is -2.32. The van der Waals surface area contributed by atoms with Crippen LogP contribution in [0.2, 0.25) is 18.1 Å². The van der Waals surface area contributed by atoms with E-state index in [2.05, 4.69) is 184 Å². The van der Waals surface area contributed by atoms with Crippen molar-refractivity contribution in [1.29, 1.82) is 0 Å². The maximum absolute atomic E-state index is 11.4. The molecule has 0 aliphatic rings. The molecule has 12 aromatic rings. The maximum atomic E-state index is 11.4. The summed E-state index contributed by atoms with van der Waals surface area (Å²) in [5, 5.41) is 43.4. The Bertz CT molecular complexity index is 4700. The molecule has 4 N–H and O–H groups in total. The third-order valence-corrected chi connectivity index (χ3v) is 24.5. The molecule has 0 bridgehead atoms. The predicted molar refractivity (Wildman–Crippen MR) is 428 cm³/mol. The second kappa shape index (κ2) is 35.3. The van der Waals surface area contributed by atoms with Gasteiger partial charge in [-0.3, -0.25) is 20.0 Å². The Labute approximate surface area is 598 Å². The summed E-state index contributed by atoms with van der Waals surface area (Å²) in [4.78, 5) is 17.9. The van der Waals surface area contributed by atoms with E-state index in [0.29, 0.717) is 17.1 Å². The first kappa shape index (κ1) is 73.8. The number of aliphatic imine (C=N–C) groups is 4. The highest BCUT2D eigenvalue weighted by molar-refractivity contribution is 6.92. The first-order chi connectivity index (χ1) is 48.9. The Morgan fingerprint density at radius 2 is 0.683 bits per heavy atom. The van der Waals surface area contributed by atoms with Crippen LogP contribution in [-0.2, 0) is 10.8 Å². The van der Waals surface area contributed by atoms with Gasteiger partial charge in [0.1, 0.15) is 28.7 Å². The van der Waals surface area contributed by atoms with Crippen molar-refractivity contribution in [2.45, 2.75) is 91.3 Å². The second-order valence-corrected chi connectivity index (χ2v) is 31.2. The fraction of sp³-hybridized carbons (Fsp3) is 0.165. The number of nitrogens with zero attached hydrogens (tertiary/aromatic N) is 4. The number of aromatic hydroxyl groups is 4. The number of ether oxygens (including phenoxy) is 1. The molecule has 0 amide bonds. The number of aryl methyl sites for hydroxylation is 2. The highest BCUT2D eigenvalue weighted by atomic mass is 28.3. The Hall–Kier alpha value is -11.5. The Balaban J connectivity index is 0.000000161. The third kappa shape index (κ3) is 19.3. The fourth-order valence-electron chi connectivity index (χ4n) is 12.2. The van der Waals surface area contributed by atoms with Crippen molar-refractivity contribution in [3.63, 3.8) is 0 Å². The molecule has 0 atom stereocenters. The van der Waals surface area contributed by atoms with E-state index < -0.39 is 8.07 Å². The molecule has 0 fully saturated rings. The minimum absolute atomic E-state index is 0.232. The molecule has 0 aromatic heterocycles. The van der Waals surface area contributed by atoms with Gasteiger partial charge in [-0.15, -0.1) is 0 Å². The number of phenols is 4. The van der Waals surface area contributed by atoms with Gasteiger partial charge in [-0.05, 0) is 148 Å². The highest BCUT2D eigenvalue weighted by Gasteiger charge is 2.33. The molecule has 0 unspecified atom stereocenters. The zero-order chi connectivity index (χ0) is 71.8. The van der Waals surface area contributed by atoms with E-state index in [1.165, 1.54) is 27.4 Å². The fourth-order valence-corrected chi connectivity index (χ4v) is 15.9. The zero-order valence-corrected chi connectivity index (χ0v) is 60.6. The topological polar surface area (TPSA) is 140 Å². The van der Waals surface area contributed by atoms with Gasteiger partial charge in [0.25, 0.3) is 0 Å². The molecule has 10 heteroatoms. The lowest BCUT2D eigenvalue weighted by molar-refractivity contribution is 0.411. The van der Waals surface area contributed by atoms with Crippen LogP contribution in [0.15, 0.2) is 311 Å². The summed E-state index contributed by atoms with van der Waals surface area (Å²) < 4.78 is 5.17. The van der Waals surface area contributed by atoms with Gasteiger partial charge in [-0.25, -0.2) is 0 Å². The zero-order valence-electron chi connectivity index (χ0n) is 59.6. The van der Waals surface area contributed by atoms with E-state index >= 15 is 0 Å². The van der Waals surface area contributed by atoms with Crippen molar-refractivity contribution in [3.8, 4) is 51.0 Å². The van der Waals surface area contributed by atoms with Gasteiger partial charge in [0.2, 0.25) is 0 Å². The largest absolute Gasteiger partial charge is 0.507 e. The van der Waals surface area contributed by atoms with Crippen molar-refractivity contribution in [3.05, 3.63) is 347 Å². The number of para-hydroxylation sites is 5. The highest BCUT2D eigenvalue weighted by Crippen LogP contribution is 2.43. The van der Waals surface area contributed by atoms with E-state index in [4.69, 9.17) is 4.74 Å². The van der Waals surface area contributed by atoms with Crippen LogP contribution in [0.3, 0.4) is 0 Å². The van der Waals surface area contributed by atoms with Crippen LogP contribution in [0.5, 0.6) is 28.7 Å². The van der Waals surface area contributed by atoms with E-state index in [0.717, 1.165) is 91.0 Å². The first-order valence-corrected chi connectivity index (χ1v) is 37.0. The number of rotatable bonds is 19. The van der Waals surface area contributed by atoms with Gasteiger partial charge in [0, 0.05) is 63.5 Å². The molecule has 12 rings (SSSR count). The number of benzene rings is 12. The number of phenolic OH excluding ortho intramolecular Hbond substituents is 4. The van der Waals surface area contributed by atoms with Crippen molar-refractivity contribution in [1.82, 2.24) is 0 Å². The summed E-state index contributed by atoms with van der Waals surface area (Å²) in [5.41, 5.74) is 16.5. The Morgan fingerprint density at radius 1 is 0.327 bits per heavy atom. The maximum Gasteiger partial charge on any atom is 0.128 e. The molecule has 9 nitrogen and oxygen atoms in total. The molecule has 0 aliphatic carbocycles. The molecule has 510 valence electrons. The van der Waals surface area contributed by atoms with Crippen LogP contribution in [0, 0.1) is 13.8 Å². The van der Waals surface area contributed by atoms with E-state index in [1.54, 1.807) is 44.1 Å². The van der Waals surface area contributed by atoms with E-state index in [-0.39, 0.29) is 28.1 Å². The molecular weight excluding hydrogens is 1260 g/mol. The average molecular weight is 1350 g/mol. The summed E-state index contributed by atoms with van der Waals surface area (Å²) in [6.07, 6.45) is 6.89. The van der Waals surface area contributed by atoms with Crippen molar-refractivity contribution in [2.24, 2.45) is 20.0 Å². The third-order valence-electron chi connectivity index (χ3n) is 18.9. The van der Waals surface area contributed by atoms with Gasteiger partial charge in [0.15, 0.2) is 0 Å². The number of hydrogen-bond donors (Lipinski definition) is 4. The average Bonchev–Trinajstić information content (AvgIpc) is 0.760. The summed E-state index contributed by atoms with van der Waals surface area (Å²) in [5.74, 6) is 1.92. The standard InChI is InChI=1S/C31H31NO.C26H21NO.C19H25NOSi.C15H15NO2/c1-30(2,24-14-8-5-9-15-24)26-20-23(22-32-27-18-12-7-13-19-27)29(33)28(21-26)31(3,4)25-16-10-6-11-17-25;1-19-6-5-9-24(26(19)28)18-27-25-16-14-23(15-17-25)22-12-10-21(11-13-22)20-7-3-2-4-8-20;1-4-22(5-2,6-3)18-14-10-11-16(19(18)21)15-20-17-12-8-7-9-13-17;1-11-8-14(18-2)9-12(15(11)17)10-16-13-6-4-3-5-7-13/h5-22,33H,1-4H3;2-18,28H,1H3;7-15,21H,4-6H2,1-3H3;3-10,17H,1-2H3. The molecule has 0 saturated heterocycles. The van der Waals surface area contributed by atoms with Crippen LogP contribution in [-0.4, -0.2) is 60.5 Å². The Morgan fingerprint density at radius 3 is 1.13 bits per heavy atom.